The molecule has 3 aromatic rings. The van der Waals surface area contributed by atoms with Crippen LogP contribution >= 0.6 is 11.9 Å². The van der Waals surface area contributed by atoms with Gasteiger partial charge in [-0.15, -0.1) is 0 Å². The molecule has 4 atom stereocenters. The molecule has 1 N–H and O–H groups in total. The molecule has 39 heavy (non-hydrogen) atoms. The Kier molecular flexibility index (Phi) is 8.05. The lowest BCUT2D eigenvalue weighted by Crippen LogP contribution is -2.27. The van der Waals surface area contributed by atoms with Gasteiger partial charge in [-0.3, -0.25) is 4.79 Å². The smallest absolute Gasteiger partial charge is 0.304 e. The summed E-state index contributed by atoms with van der Waals surface area (Å²) in [6.07, 6.45) is 1.81. The van der Waals surface area contributed by atoms with Gasteiger partial charge in [0.25, 0.3) is 0 Å². The lowest BCUT2D eigenvalue weighted by Gasteiger charge is -2.25. The Morgan fingerprint density at radius 2 is 2.00 bits per heavy atom. The first-order valence-electron chi connectivity index (χ1n) is 13.6. The van der Waals surface area contributed by atoms with Crippen molar-refractivity contribution >= 4 is 23.6 Å². The summed E-state index contributed by atoms with van der Waals surface area (Å²) in [4.78, 5) is 16.6. The highest BCUT2D eigenvalue weighted by Gasteiger charge is 2.28. The van der Waals surface area contributed by atoms with Crippen LogP contribution in [0.3, 0.4) is 0 Å². The molecule has 0 spiro atoms. The van der Waals surface area contributed by atoms with Crippen molar-refractivity contribution < 1.29 is 14.6 Å². The van der Waals surface area contributed by atoms with Gasteiger partial charge in [0, 0.05) is 25.2 Å². The number of aryl methyl sites for hydroxylation is 1. The number of hydrogen-bond acceptors (Lipinski definition) is 7. The average Bonchev–Trinajstić information content (AvgIpc) is 3.15. The summed E-state index contributed by atoms with van der Waals surface area (Å²) in [7, 11) is 0. The maximum Gasteiger partial charge on any atom is 0.304 e. The minimum atomic E-state index is -0.822. The van der Waals surface area contributed by atoms with Gasteiger partial charge in [0.1, 0.15) is 6.10 Å². The van der Waals surface area contributed by atoms with E-state index < -0.39 is 5.97 Å². The van der Waals surface area contributed by atoms with E-state index in [4.69, 9.17) is 4.74 Å². The molecule has 4 unspecified atom stereocenters. The van der Waals surface area contributed by atoms with E-state index >= 15 is 0 Å². The van der Waals surface area contributed by atoms with E-state index in [-0.39, 0.29) is 18.4 Å². The van der Waals surface area contributed by atoms with E-state index in [1.165, 1.54) is 11.1 Å². The normalized spacial score (nSPS) is 21.7. The Balaban J connectivity index is 1.50. The summed E-state index contributed by atoms with van der Waals surface area (Å²) in [5, 5.41) is 19.8. The monoisotopic (exact) mass is 544 g/mol. The first kappa shape index (κ1) is 27.3. The molecule has 2 aliphatic heterocycles. The topological polar surface area (TPSA) is 87.4 Å². The van der Waals surface area contributed by atoms with Crippen molar-refractivity contribution in [1.82, 2.24) is 9.29 Å². The zero-order chi connectivity index (χ0) is 27.7. The summed E-state index contributed by atoms with van der Waals surface area (Å²) in [5.41, 5.74) is 7.42. The lowest BCUT2D eigenvalue weighted by molar-refractivity contribution is -0.137. The number of ether oxygens (including phenoxy) is 1. The molecular formula is C31H36N4O3S. The number of pyridine rings is 1. The molecule has 7 nitrogen and oxygen atoms in total. The number of carboxylic acid groups (broad SMARTS) is 1. The van der Waals surface area contributed by atoms with Crippen molar-refractivity contribution in [2.45, 2.75) is 70.6 Å². The van der Waals surface area contributed by atoms with Crippen LogP contribution in [0.25, 0.3) is 0 Å². The van der Waals surface area contributed by atoms with Gasteiger partial charge in [-0.2, -0.15) is 10.2 Å². The fourth-order valence-corrected chi connectivity index (χ4v) is 6.55. The molecule has 0 saturated carbocycles. The molecule has 0 radical (unpaired) electrons. The quantitative estimate of drug-likeness (QED) is 0.325. The number of rotatable bonds is 6. The molecule has 0 saturated heterocycles. The molecule has 0 fully saturated rings. The van der Waals surface area contributed by atoms with Crippen molar-refractivity contribution in [2.24, 2.45) is 16.1 Å². The molecule has 0 bridgehead atoms. The van der Waals surface area contributed by atoms with Crippen LogP contribution in [0, 0.1) is 19.8 Å². The van der Waals surface area contributed by atoms with Crippen molar-refractivity contribution in [3.05, 3.63) is 82.0 Å². The second kappa shape index (κ2) is 11.5. The first-order chi connectivity index (χ1) is 18.7. The number of carboxylic acids is 1. The van der Waals surface area contributed by atoms with Crippen LogP contribution in [-0.2, 0) is 11.3 Å². The van der Waals surface area contributed by atoms with Gasteiger partial charge in [0.05, 0.1) is 18.7 Å². The predicted octanol–water partition coefficient (Wildman–Crippen LogP) is 7.43. The predicted molar refractivity (Wildman–Crippen MR) is 154 cm³/mol. The maximum absolute atomic E-state index is 12.1. The SMILES string of the molecule is Cc1ccc(C(CC(=O)O)c2ccc3c(c2C)N=NCC(C)C3C)cc1CN1CC(C)Oc2cccnc2S1. The first-order valence-corrected chi connectivity index (χ1v) is 14.3. The summed E-state index contributed by atoms with van der Waals surface area (Å²) in [6, 6.07) is 14.5. The highest BCUT2D eigenvalue weighted by Crippen LogP contribution is 2.42. The number of hydrogen-bond donors (Lipinski definition) is 1. The second-order valence-electron chi connectivity index (χ2n) is 10.9. The van der Waals surface area contributed by atoms with E-state index in [2.05, 4.69) is 84.5 Å². The van der Waals surface area contributed by atoms with Crippen LogP contribution in [0.1, 0.15) is 72.4 Å². The van der Waals surface area contributed by atoms with Crippen molar-refractivity contribution in [3.63, 3.8) is 0 Å². The molecule has 2 aromatic carbocycles. The Hall–Kier alpha value is -3.23. The highest BCUT2D eigenvalue weighted by molar-refractivity contribution is 7.97. The summed E-state index contributed by atoms with van der Waals surface area (Å²) >= 11 is 1.61. The van der Waals surface area contributed by atoms with Crippen LogP contribution in [0.2, 0.25) is 0 Å². The van der Waals surface area contributed by atoms with E-state index in [1.807, 2.05) is 12.1 Å². The molecule has 0 aliphatic carbocycles. The summed E-state index contributed by atoms with van der Waals surface area (Å²) in [5.74, 6) is 0.436. The van der Waals surface area contributed by atoms with Gasteiger partial charge in [0.15, 0.2) is 10.8 Å². The Labute approximate surface area is 234 Å². The van der Waals surface area contributed by atoms with Crippen molar-refractivity contribution in [1.29, 1.82) is 0 Å². The minimum Gasteiger partial charge on any atom is -0.486 e. The third kappa shape index (κ3) is 5.87. The zero-order valence-electron chi connectivity index (χ0n) is 23.2. The van der Waals surface area contributed by atoms with E-state index in [1.54, 1.807) is 18.1 Å². The van der Waals surface area contributed by atoms with Gasteiger partial charge in [-0.1, -0.05) is 44.2 Å². The number of carbonyl (C=O) groups is 1. The van der Waals surface area contributed by atoms with E-state index in [0.717, 1.165) is 45.3 Å². The van der Waals surface area contributed by atoms with Crippen LogP contribution in [-0.4, -0.2) is 39.6 Å². The molecule has 204 valence electrons. The van der Waals surface area contributed by atoms with Gasteiger partial charge >= 0.3 is 5.97 Å². The number of azo groups is 1. The highest BCUT2D eigenvalue weighted by atomic mass is 32.2. The third-order valence-corrected chi connectivity index (χ3v) is 9.02. The number of aliphatic carboxylic acids is 1. The van der Waals surface area contributed by atoms with Gasteiger partial charge < -0.3 is 9.84 Å². The number of nitrogens with zero attached hydrogens (tertiary/aromatic N) is 4. The van der Waals surface area contributed by atoms with Gasteiger partial charge in [-0.25, -0.2) is 9.29 Å². The van der Waals surface area contributed by atoms with Crippen molar-refractivity contribution in [3.8, 4) is 5.75 Å². The second-order valence-corrected chi connectivity index (χ2v) is 12.0. The standard InChI is InChI=1S/C31H36N4O3S/c1-18-8-9-23(13-24(18)17-35-16-20(3)38-28-7-6-12-32-31(28)39-35)27(14-29(36)37)25-10-11-26-21(4)19(2)15-33-34-30(26)22(25)5/h6-13,19-21,27H,14-17H2,1-5H3,(H,36,37). The number of benzene rings is 2. The molecular weight excluding hydrogens is 508 g/mol. The Bertz CT molecular complexity index is 1410. The molecule has 8 heteroatoms. The largest absolute Gasteiger partial charge is 0.486 e. The molecule has 3 heterocycles. The van der Waals surface area contributed by atoms with Gasteiger partial charge in [-0.05, 0) is 90.1 Å². The lowest BCUT2D eigenvalue weighted by atomic mass is 9.81. The van der Waals surface area contributed by atoms with Crippen LogP contribution in [0.4, 0.5) is 5.69 Å². The maximum atomic E-state index is 12.1. The minimum absolute atomic E-state index is 0.00581. The van der Waals surface area contributed by atoms with E-state index in [0.29, 0.717) is 24.9 Å². The molecule has 0 amide bonds. The zero-order valence-corrected chi connectivity index (χ0v) is 24.0. The molecule has 2 aliphatic rings. The summed E-state index contributed by atoms with van der Waals surface area (Å²) < 4.78 is 8.37. The van der Waals surface area contributed by atoms with E-state index in [9.17, 15) is 9.90 Å². The number of fused-ring (bicyclic) bond motifs is 2. The Morgan fingerprint density at radius 1 is 1.18 bits per heavy atom. The molecule has 1 aromatic heterocycles. The Morgan fingerprint density at radius 3 is 2.79 bits per heavy atom. The number of aromatic nitrogens is 1. The third-order valence-electron chi connectivity index (χ3n) is 8.01. The van der Waals surface area contributed by atoms with Gasteiger partial charge in [0.2, 0.25) is 0 Å². The fraction of sp³-hybridized carbons (Fsp3) is 0.419. The molecule has 5 rings (SSSR count). The fourth-order valence-electron chi connectivity index (χ4n) is 5.50. The van der Waals surface area contributed by atoms with Crippen LogP contribution in [0.15, 0.2) is 63.9 Å². The summed E-state index contributed by atoms with van der Waals surface area (Å²) in [6.45, 7) is 12.8. The van der Waals surface area contributed by atoms with Crippen molar-refractivity contribution in [2.75, 3.05) is 13.1 Å². The average molecular weight is 545 g/mol. The van der Waals surface area contributed by atoms with Crippen LogP contribution in [0.5, 0.6) is 5.75 Å². The van der Waals surface area contributed by atoms with Crippen LogP contribution < -0.4 is 4.74 Å².